The lowest BCUT2D eigenvalue weighted by Crippen LogP contribution is -2.43. The SMILES string of the molecule is CCc1nnc(OC2CCCCC2NC)c(C#N)c1CC. The van der Waals surface area contributed by atoms with Crippen LogP contribution in [0.2, 0.25) is 0 Å². The molecule has 0 amide bonds. The zero-order chi connectivity index (χ0) is 15.2. The summed E-state index contributed by atoms with van der Waals surface area (Å²) in [6.07, 6.45) is 6.11. The third-order valence-corrected chi connectivity index (χ3v) is 4.26. The van der Waals surface area contributed by atoms with Crippen molar-refractivity contribution >= 4 is 0 Å². The fraction of sp³-hybridized carbons (Fsp3) is 0.688. The third-order valence-electron chi connectivity index (χ3n) is 4.26. The van der Waals surface area contributed by atoms with Gasteiger partial charge in [-0.05, 0) is 44.7 Å². The molecule has 0 aromatic carbocycles. The Hall–Kier alpha value is -1.67. The second-order valence-corrected chi connectivity index (χ2v) is 5.46. The van der Waals surface area contributed by atoms with Crippen molar-refractivity contribution in [1.29, 1.82) is 5.26 Å². The maximum absolute atomic E-state index is 9.49. The molecule has 2 atom stereocenters. The van der Waals surface area contributed by atoms with Crippen LogP contribution < -0.4 is 10.1 Å². The molecule has 2 rings (SSSR count). The first-order chi connectivity index (χ1) is 10.2. The quantitative estimate of drug-likeness (QED) is 0.900. The first-order valence-electron chi connectivity index (χ1n) is 7.87. The summed E-state index contributed by atoms with van der Waals surface area (Å²) in [5.74, 6) is 0.402. The molecule has 2 unspecified atom stereocenters. The molecule has 0 radical (unpaired) electrons. The van der Waals surface area contributed by atoms with Crippen LogP contribution in [0.5, 0.6) is 5.88 Å². The van der Waals surface area contributed by atoms with Gasteiger partial charge in [-0.25, -0.2) is 0 Å². The Balaban J connectivity index is 2.29. The van der Waals surface area contributed by atoms with Gasteiger partial charge in [0.1, 0.15) is 17.7 Å². The highest BCUT2D eigenvalue weighted by Crippen LogP contribution is 2.27. The third kappa shape index (κ3) is 3.33. The number of nitrogens with zero attached hydrogens (tertiary/aromatic N) is 3. The van der Waals surface area contributed by atoms with Gasteiger partial charge in [-0.15, -0.1) is 5.10 Å². The van der Waals surface area contributed by atoms with Crippen LogP contribution in [-0.4, -0.2) is 29.4 Å². The molecule has 1 aliphatic carbocycles. The second kappa shape index (κ2) is 7.37. The van der Waals surface area contributed by atoms with Gasteiger partial charge in [0.25, 0.3) is 5.88 Å². The molecule has 1 aliphatic rings. The monoisotopic (exact) mass is 288 g/mol. The van der Waals surface area contributed by atoms with Crippen molar-refractivity contribution in [1.82, 2.24) is 15.5 Å². The number of likely N-dealkylation sites (N-methyl/N-ethyl adjacent to an activating group) is 1. The van der Waals surface area contributed by atoms with Crippen LogP contribution in [0.1, 0.15) is 56.4 Å². The van der Waals surface area contributed by atoms with Crippen molar-refractivity contribution in [3.05, 3.63) is 16.8 Å². The molecule has 21 heavy (non-hydrogen) atoms. The van der Waals surface area contributed by atoms with Gasteiger partial charge in [0, 0.05) is 6.04 Å². The van der Waals surface area contributed by atoms with Gasteiger partial charge < -0.3 is 10.1 Å². The summed E-state index contributed by atoms with van der Waals surface area (Å²) >= 11 is 0. The molecule has 1 N–H and O–H groups in total. The zero-order valence-corrected chi connectivity index (χ0v) is 13.1. The van der Waals surface area contributed by atoms with Gasteiger partial charge in [-0.1, -0.05) is 20.3 Å². The number of nitriles is 1. The van der Waals surface area contributed by atoms with E-state index in [2.05, 4.69) is 21.6 Å². The number of hydrogen-bond donors (Lipinski definition) is 1. The highest BCUT2D eigenvalue weighted by atomic mass is 16.5. The van der Waals surface area contributed by atoms with E-state index in [0.29, 0.717) is 17.5 Å². The number of rotatable bonds is 5. The van der Waals surface area contributed by atoms with Gasteiger partial charge in [0.15, 0.2) is 0 Å². The molecule has 114 valence electrons. The van der Waals surface area contributed by atoms with Crippen LogP contribution >= 0.6 is 0 Å². The lowest BCUT2D eigenvalue weighted by molar-refractivity contribution is 0.111. The van der Waals surface area contributed by atoms with Crippen LogP contribution in [0.15, 0.2) is 0 Å². The van der Waals surface area contributed by atoms with Gasteiger partial charge in [-0.2, -0.15) is 10.4 Å². The molecule has 0 saturated heterocycles. The Labute approximate surface area is 126 Å². The standard InChI is InChI=1S/C16H24N4O/c1-4-11-12(10-17)16(20-19-13(11)5-2)21-15-9-7-6-8-14(15)18-3/h14-15,18H,4-9H2,1-3H3. The molecule has 5 heteroatoms. The van der Waals surface area contributed by atoms with E-state index in [4.69, 9.17) is 4.74 Å². The van der Waals surface area contributed by atoms with E-state index in [9.17, 15) is 5.26 Å². The maximum atomic E-state index is 9.49. The molecule has 1 heterocycles. The minimum atomic E-state index is 0.0716. The Kier molecular flexibility index (Phi) is 5.51. The molecule has 1 saturated carbocycles. The summed E-state index contributed by atoms with van der Waals surface area (Å²) in [5, 5.41) is 21.2. The van der Waals surface area contributed by atoms with Crippen LogP contribution in [0.3, 0.4) is 0 Å². The molecular formula is C16H24N4O. The minimum absolute atomic E-state index is 0.0716. The van der Waals surface area contributed by atoms with E-state index in [1.54, 1.807) is 0 Å². The topological polar surface area (TPSA) is 70.8 Å². The molecule has 0 bridgehead atoms. The van der Waals surface area contributed by atoms with Crippen molar-refractivity contribution in [3.8, 4) is 11.9 Å². The molecule has 0 spiro atoms. The lowest BCUT2D eigenvalue weighted by Gasteiger charge is -2.31. The Bertz CT molecular complexity index is 524. The van der Waals surface area contributed by atoms with E-state index in [0.717, 1.165) is 43.4 Å². The van der Waals surface area contributed by atoms with E-state index < -0.39 is 0 Å². The van der Waals surface area contributed by atoms with Crippen LogP contribution in [0.25, 0.3) is 0 Å². The van der Waals surface area contributed by atoms with Crippen molar-refractivity contribution in [2.75, 3.05) is 7.05 Å². The first-order valence-corrected chi connectivity index (χ1v) is 7.87. The summed E-state index contributed by atoms with van der Waals surface area (Å²) in [4.78, 5) is 0. The van der Waals surface area contributed by atoms with E-state index >= 15 is 0 Å². The number of aryl methyl sites for hydroxylation is 1. The zero-order valence-electron chi connectivity index (χ0n) is 13.1. The Morgan fingerprint density at radius 2 is 2.00 bits per heavy atom. The van der Waals surface area contributed by atoms with Crippen molar-refractivity contribution in [2.24, 2.45) is 0 Å². The first kappa shape index (κ1) is 15.7. The van der Waals surface area contributed by atoms with E-state index in [-0.39, 0.29) is 6.10 Å². The number of hydrogen-bond acceptors (Lipinski definition) is 5. The molecular weight excluding hydrogens is 264 g/mol. The summed E-state index contributed by atoms with van der Waals surface area (Å²) < 4.78 is 6.06. The second-order valence-electron chi connectivity index (χ2n) is 5.46. The molecule has 5 nitrogen and oxygen atoms in total. The van der Waals surface area contributed by atoms with Gasteiger partial charge in [-0.3, -0.25) is 0 Å². The van der Waals surface area contributed by atoms with Crippen LogP contribution in [0.4, 0.5) is 0 Å². The van der Waals surface area contributed by atoms with E-state index in [1.807, 2.05) is 20.9 Å². The van der Waals surface area contributed by atoms with Gasteiger partial charge >= 0.3 is 0 Å². The molecule has 1 aromatic rings. The average molecular weight is 288 g/mol. The Morgan fingerprint density at radius 1 is 1.24 bits per heavy atom. The van der Waals surface area contributed by atoms with Crippen molar-refractivity contribution in [3.63, 3.8) is 0 Å². The summed E-state index contributed by atoms with van der Waals surface area (Å²) in [6, 6.07) is 2.59. The predicted octanol–water partition coefficient (Wildman–Crippen LogP) is 2.38. The highest BCUT2D eigenvalue weighted by Gasteiger charge is 2.27. The fourth-order valence-electron chi connectivity index (χ4n) is 3.06. The summed E-state index contributed by atoms with van der Waals surface area (Å²) in [7, 11) is 1.96. The molecule has 1 aromatic heterocycles. The normalized spacial score (nSPS) is 21.8. The lowest BCUT2D eigenvalue weighted by atomic mass is 9.92. The minimum Gasteiger partial charge on any atom is -0.471 e. The average Bonchev–Trinajstić information content (AvgIpc) is 2.54. The van der Waals surface area contributed by atoms with Crippen molar-refractivity contribution in [2.45, 2.75) is 64.5 Å². The summed E-state index contributed by atoms with van der Waals surface area (Å²) in [5.41, 5.74) is 2.43. The fourth-order valence-corrected chi connectivity index (χ4v) is 3.06. The van der Waals surface area contributed by atoms with E-state index in [1.165, 1.54) is 6.42 Å². The van der Waals surface area contributed by atoms with Crippen molar-refractivity contribution < 1.29 is 4.74 Å². The number of aromatic nitrogens is 2. The summed E-state index contributed by atoms with van der Waals surface area (Å²) in [6.45, 7) is 4.07. The predicted molar refractivity (Wildman–Crippen MR) is 81.2 cm³/mol. The molecule has 0 aliphatic heterocycles. The molecule has 1 fully saturated rings. The smallest absolute Gasteiger partial charge is 0.252 e. The number of ether oxygens (including phenoxy) is 1. The van der Waals surface area contributed by atoms with Gasteiger partial charge in [0.05, 0.1) is 5.69 Å². The van der Waals surface area contributed by atoms with Crippen LogP contribution in [0, 0.1) is 11.3 Å². The van der Waals surface area contributed by atoms with Crippen LogP contribution in [-0.2, 0) is 12.8 Å². The highest BCUT2D eigenvalue weighted by molar-refractivity contribution is 5.46. The number of nitrogens with one attached hydrogen (secondary N) is 1. The largest absolute Gasteiger partial charge is 0.471 e. The maximum Gasteiger partial charge on any atom is 0.252 e. The van der Waals surface area contributed by atoms with Gasteiger partial charge in [0.2, 0.25) is 0 Å². The Morgan fingerprint density at radius 3 is 2.62 bits per heavy atom.